The number of carboxylic acids is 1. The molecule has 110 valence electrons. The second-order valence-electron chi connectivity index (χ2n) is 6.24. The summed E-state index contributed by atoms with van der Waals surface area (Å²) in [6, 6.07) is 7.68. The summed E-state index contributed by atoms with van der Waals surface area (Å²) in [6.45, 7) is 5.22. The first kappa shape index (κ1) is 15.0. The average molecular weight is 276 g/mol. The molecule has 1 aliphatic carbocycles. The minimum atomic E-state index is -0.792. The summed E-state index contributed by atoms with van der Waals surface area (Å²) >= 11 is 0. The Bertz CT molecular complexity index is 428. The van der Waals surface area contributed by atoms with Gasteiger partial charge in [0.2, 0.25) is 0 Å². The molecule has 1 aliphatic rings. The van der Waals surface area contributed by atoms with Crippen molar-refractivity contribution in [2.45, 2.75) is 52.2 Å². The predicted octanol–water partition coefficient (Wildman–Crippen LogP) is 3.66. The number of hydrogen-bond donors (Lipinski definition) is 1. The van der Waals surface area contributed by atoms with E-state index in [1.54, 1.807) is 0 Å². The lowest BCUT2D eigenvalue weighted by Crippen LogP contribution is -2.26. The first-order chi connectivity index (χ1) is 9.52. The molecule has 1 aromatic rings. The number of carbonyl (C=O) groups is 1. The Morgan fingerprint density at radius 3 is 2.20 bits per heavy atom. The van der Waals surface area contributed by atoms with Crippen molar-refractivity contribution in [2.24, 2.45) is 11.8 Å². The van der Waals surface area contributed by atoms with Gasteiger partial charge in [0.05, 0.1) is 19.1 Å². The van der Waals surface area contributed by atoms with Gasteiger partial charge in [-0.1, -0.05) is 38.1 Å². The Hall–Kier alpha value is -1.35. The molecule has 0 amide bonds. The second-order valence-corrected chi connectivity index (χ2v) is 6.24. The molecule has 1 aromatic carbocycles. The zero-order chi connectivity index (χ0) is 14.5. The number of ether oxygens (including phenoxy) is 1. The van der Waals surface area contributed by atoms with Crippen LogP contribution < -0.4 is 0 Å². The predicted molar refractivity (Wildman–Crippen MR) is 78.5 cm³/mol. The third-order valence-corrected chi connectivity index (χ3v) is 4.00. The molecule has 0 saturated heterocycles. The highest BCUT2D eigenvalue weighted by Crippen LogP contribution is 2.30. The third kappa shape index (κ3) is 4.64. The van der Waals surface area contributed by atoms with Crippen molar-refractivity contribution >= 4 is 5.97 Å². The molecule has 1 fully saturated rings. The number of aliphatic carboxylic acids is 1. The topological polar surface area (TPSA) is 46.5 Å². The van der Waals surface area contributed by atoms with E-state index in [9.17, 15) is 4.79 Å². The van der Waals surface area contributed by atoms with E-state index in [0.29, 0.717) is 12.7 Å². The van der Waals surface area contributed by atoms with Crippen LogP contribution in [0, 0.1) is 11.8 Å². The number of hydrogen-bond acceptors (Lipinski definition) is 2. The Balaban J connectivity index is 1.83. The first-order valence-corrected chi connectivity index (χ1v) is 7.44. The van der Waals surface area contributed by atoms with Gasteiger partial charge >= 0.3 is 5.97 Å². The van der Waals surface area contributed by atoms with Crippen molar-refractivity contribution < 1.29 is 14.6 Å². The van der Waals surface area contributed by atoms with Crippen molar-refractivity contribution in [1.82, 2.24) is 0 Å². The second kappa shape index (κ2) is 6.89. The summed E-state index contributed by atoms with van der Waals surface area (Å²) < 4.78 is 6.01. The van der Waals surface area contributed by atoms with E-state index in [0.717, 1.165) is 35.8 Å². The molecule has 0 heterocycles. The highest BCUT2D eigenvalue weighted by atomic mass is 16.5. The maximum absolute atomic E-state index is 10.6. The molecular weight excluding hydrogens is 252 g/mol. The molecular formula is C17H24O3. The maximum Gasteiger partial charge on any atom is 0.307 e. The monoisotopic (exact) mass is 276 g/mol. The first-order valence-electron chi connectivity index (χ1n) is 7.44. The van der Waals surface area contributed by atoms with Crippen LogP contribution in [0.4, 0.5) is 0 Å². The number of carboxylic acid groups (broad SMARTS) is 1. The molecule has 0 radical (unpaired) electrons. The molecule has 20 heavy (non-hydrogen) atoms. The van der Waals surface area contributed by atoms with Crippen LogP contribution in [-0.2, 0) is 22.6 Å². The quantitative estimate of drug-likeness (QED) is 0.892. The zero-order valence-corrected chi connectivity index (χ0v) is 12.3. The van der Waals surface area contributed by atoms with Gasteiger partial charge in [-0.25, -0.2) is 0 Å². The van der Waals surface area contributed by atoms with Crippen LogP contribution in [0.5, 0.6) is 0 Å². The van der Waals surface area contributed by atoms with Gasteiger partial charge in [-0.15, -0.1) is 0 Å². The summed E-state index contributed by atoms with van der Waals surface area (Å²) in [5.41, 5.74) is 1.95. The van der Waals surface area contributed by atoms with Crippen LogP contribution in [-0.4, -0.2) is 17.2 Å². The van der Waals surface area contributed by atoms with Gasteiger partial charge in [0.25, 0.3) is 0 Å². The fourth-order valence-corrected chi connectivity index (χ4v) is 3.15. The van der Waals surface area contributed by atoms with Crippen molar-refractivity contribution in [2.75, 3.05) is 0 Å². The normalized spacial score (nSPS) is 26.4. The third-order valence-electron chi connectivity index (χ3n) is 4.00. The highest BCUT2D eigenvalue weighted by molar-refractivity contribution is 5.70. The van der Waals surface area contributed by atoms with E-state index >= 15 is 0 Å². The molecule has 1 saturated carbocycles. The molecule has 0 spiro atoms. The summed E-state index contributed by atoms with van der Waals surface area (Å²) in [5, 5.41) is 8.73. The number of rotatable bonds is 5. The Morgan fingerprint density at radius 1 is 1.10 bits per heavy atom. The van der Waals surface area contributed by atoms with Crippen molar-refractivity contribution in [3.8, 4) is 0 Å². The molecule has 3 nitrogen and oxygen atoms in total. The molecule has 2 unspecified atom stereocenters. The Morgan fingerprint density at radius 2 is 1.65 bits per heavy atom. The molecule has 0 aliphatic heterocycles. The van der Waals surface area contributed by atoms with Crippen LogP contribution in [0.2, 0.25) is 0 Å². The van der Waals surface area contributed by atoms with Gasteiger partial charge < -0.3 is 9.84 Å². The summed E-state index contributed by atoms with van der Waals surface area (Å²) in [4.78, 5) is 10.6. The summed E-state index contributed by atoms with van der Waals surface area (Å²) in [6.07, 6.45) is 4.07. The van der Waals surface area contributed by atoms with Gasteiger partial charge in [-0.05, 0) is 42.2 Å². The lowest BCUT2D eigenvalue weighted by Gasteiger charge is -2.31. The molecule has 0 aromatic heterocycles. The Labute approximate surface area is 121 Å². The molecule has 2 rings (SSSR count). The minimum absolute atomic E-state index is 0.0821. The van der Waals surface area contributed by atoms with E-state index in [4.69, 9.17) is 9.84 Å². The SMILES string of the molecule is CC1CC(C)CC(OCc2ccc(CC(=O)O)cc2)C1. The van der Waals surface area contributed by atoms with E-state index in [1.807, 2.05) is 24.3 Å². The van der Waals surface area contributed by atoms with Crippen LogP contribution >= 0.6 is 0 Å². The zero-order valence-electron chi connectivity index (χ0n) is 12.3. The fraction of sp³-hybridized carbons (Fsp3) is 0.588. The van der Waals surface area contributed by atoms with Gasteiger partial charge in [-0.2, -0.15) is 0 Å². The fourth-order valence-electron chi connectivity index (χ4n) is 3.15. The van der Waals surface area contributed by atoms with Crippen molar-refractivity contribution in [3.63, 3.8) is 0 Å². The minimum Gasteiger partial charge on any atom is -0.481 e. The van der Waals surface area contributed by atoms with E-state index in [2.05, 4.69) is 13.8 Å². The van der Waals surface area contributed by atoms with Gasteiger partial charge in [0.15, 0.2) is 0 Å². The Kier molecular flexibility index (Phi) is 5.18. The van der Waals surface area contributed by atoms with Crippen molar-refractivity contribution in [1.29, 1.82) is 0 Å². The lowest BCUT2D eigenvalue weighted by molar-refractivity contribution is -0.136. The van der Waals surface area contributed by atoms with E-state index in [1.165, 1.54) is 6.42 Å². The lowest BCUT2D eigenvalue weighted by atomic mass is 9.82. The highest BCUT2D eigenvalue weighted by Gasteiger charge is 2.24. The van der Waals surface area contributed by atoms with Crippen LogP contribution in [0.1, 0.15) is 44.2 Å². The van der Waals surface area contributed by atoms with Crippen molar-refractivity contribution in [3.05, 3.63) is 35.4 Å². The van der Waals surface area contributed by atoms with Gasteiger partial charge in [0.1, 0.15) is 0 Å². The summed E-state index contributed by atoms with van der Waals surface area (Å²) in [7, 11) is 0. The van der Waals surface area contributed by atoms with E-state index < -0.39 is 5.97 Å². The number of benzene rings is 1. The standard InChI is InChI=1S/C17H24O3/c1-12-7-13(2)9-16(8-12)20-11-15-5-3-14(4-6-15)10-17(18)19/h3-6,12-13,16H,7-11H2,1-2H3,(H,18,19). The summed E-state index contributed by atoms with van der Waals surface area (Å²) in [5.74, 6) is 0.711. The molecule has 0 bridgehead atoms. The smallest absolute Gasteiger partial charge is 0.307 e. The average Bonchev–Trinajstić information content (AvgIpc) is 2.36. The van der Waals surface area contributed by atoms with Gasteiger partial charge in [-0.3, -0.25) is 4.79 Å². The largest absolute Gasteiger partial charge is 0.481 e. The van der Waals surface area contributed by atoms with Crippen LogP contribution in [0.15, 0.2) is 24.3 Å². The molecule has 1 N–H and O–H groups in total. The molecule has 2 atom stereocenters. The molecule has 3 heteroatoms. The maximum atomic E-state index is 10.6. The van der Waals surface area contributed by atoms with Crippen LogP contribution in [0.3, 0.4) is 0 Å². The van der Waals surface area contributed by atoms with E-state index in [-0.39, 0.29) is 6.42 Å². The van der Waals surface area contributed by atoms with Crippen LogP contribution in [0.25, 0.3) is 0 Å². The van der Waals surface area contributed by atoms with Gasteiger partial charge in [0, 0.05) is 0 Å².